The molecule has 1 aromatic rings. The zero-order valence-corrected chi connectivity index (χ0v) is 8.70. The smallest absolute Gasteiger partial charge is 0.323 e. The quantitative estimate of drug-likeness (QED) is 0.733. The fraction of sp³-hybridized carbons (Fsp3) is 0.200. The number of hydrogen-bond donors (Lipinski definition) is 2. The predicted molar refractivity (Wildman–Crippen MR) is 56.4 cm³/mol. The number of nitrogens with zero attached hydrogens (tertiary/aromatic N) is 3. The average molecular weight is 235 g/mol. The van der Waals surface area contributed by atoms with Gasteiger partial charge in [-0.25, -0.2) is 4.98 Å². The lowest BCUT2D eigenvalue weighted by Crippen LogP contribution is -2.35. The summed E-state index contributed by atoms with van der Waals surface area (Å²) in [5.74, 6) is -2.11. The number of carboxylic acids is 2. The molecule has 0 fully saturated rings. The van der Waals surface area contributed by atoms with Gasteiger partial charge in [-0.3, -0.25) is 9.59 Å². The van der Waals surface area contributed by atoms with Crippen molar-refractivity contribution in [3.8, 4) is 6.07 Å². The molecule has 0 radical (unpaired) electrons. The second-order valence-corrected chi connectivity index (χ2v) is 3.16. The first-order valence-corrected chi connectivity index (χ1v) is 4.57. The van der Waals surface area contributed by atoms with Gasteiger partial charge in [0.1, 0.15) is 25.0 Å². The minimum absolute atomic E-state index is 0.203. The SMILES string of the molecule is N#Cc1ccc(N(CC(=O)O)CC(=O)O)nc1. The van der Waals surface area contributed by atoms with Crippen molar-refractivity contribution in [1.29, 1.82) is 5.26 Å². The summed E-state index contributed by atoms with van der Waals surface area (Å²) in [4.78, 5) is 26.1. The Balaban J connectivity index is 2.91. The third-order valence-corrected chi connectivity index (χ3v) is 1.85. The molecule has 0 spiro atoms. The van der Waals surface area contributed by atoms with Gasteiger partial charge in [0.05, 0.1) is 5.56 Å². The lowest BCUT2D eigenvalue weighted by Gasteiger charge is -2.18. The summed E-state index contributed by atoms with van der Waals surface area (Å²) in [6.45, 7) is -0.934. The zero-order valence-electron chi connectivity index (χ0n) is 8.70. The number of anilines is 1. The molecular formula is C10H9N3O4. The fourth-order valence-corrected chi connectivity index (χ4v) is 1.18. The summed E-state index contributed by atoms with van der Waals surface area (Å²) in [5.41, 5.74) is 0.319. The highest BCUT2D eigenvalue weighted by molar-refractivity contribution is 5.78. The first-order valence-electron chi connectivity index (χ1n) is 4.57. The van der Waals surface area contributed by atoms with Gasteiger partial charge in [0.25, 0.3) is 0 Å². The number of nitriles is 1. The molecule has 0 aliphatic carbocycles. The van der Waals surface area contributed by atoms with E-state index in [2.05, 4.69) is 4.98 Å². The molecule has 0 aromatic carbocycles. The Kier molecular flexibility index (Phi) is 4.00. The second kappa shape index (κ2) is 5.46. The molecule has 1 aromatic heterocycles. The van der Waals surface area contributed by atoms with E-state index in [-0.39, 0.29) is 5.82 Å². The van der Waals surface area contributed by atoms with Crippen molar-refractivity contribution in [2.75, 3.05) is 18.0 Å². The molecular weight excluding hydrogens is 226 g/mol. The van der Waals surface area contributed by atoms with Gasteiger partial charge >= 0.3 is 11.9 Å². The molecule has 0 amide bonds. The molecule has 2 N–H and O–H groups in total. The first-order chi connectivity index (χ1) is 8.02. The van der Waals surface area contributed by atoms with Crippen LogP contribution in [0.25, 0.3) is 0 Å². The average Bonchev–Trinajstić information content (AvgIpc) is 2.27. The van der Waals surface area contributed by atoms with Crippen LogP contribution in [0.2, 0.25) is 0 Å². The maximum absolute atomic E-state index is 10.6. The van der Waals surface area contributed by atoms with Crippen molar-refractivity contribution in [2.45, 2.75) is 0 Å². The largest absolute Gasteiger partial charge is 0.480 e. The normalized spacial score (nSPS) is 9.35. The van der Waals surface area contributed by atoms with E-state index in [1.54, 1.807) is 0 Å². The van der Waals surface area contributed by atoms with Crippen molar-refractivity contribution in [3.05, 3.63) is 23.9 Å². The van der Waals surface area contributed by atoms with Crippen LogP contribution in [0, 0.1) is 11.3 Å². The Hall–Kier alpha value is -2.62. The van der Waals surface area contributed by atoms with Crippen LogP contribution < -0.4 is 4.90 Å². The Morgan fingerprint density at radius 2 is 1.88 bits per heavy atom. The van der Waals surface area contributed by atoms with Crippen LogP contribution in [0.4, 0.5) is 5.82 Å². The van der Waals surface area contributed by atoms with Gasteiger partial charge < -0.3 is 15.1 Å². The fourth-order valence-electron chi connectivity index (χ4n) is 1.18. The lowest BCUT2D eigenvalue weighted by molar-refractivity contribution is -0.136. The van der Waals surface area contributed by atoms with Gasteiger partial charge in [-0.15, -0.1) is 0 Å². The van der Waals surface area contributed by atoms with Gasteiger partial charge in [-0.2, -0.15) is 5.26 Å². The molecule has 1 heterocycles. The minimum Gasteiger partial charge on any atom is -0.480 e. The van der Waals surface area contributed by atoms with E-state index in [0.29, 0.717) is 5.56 Å². The van der Waals surface area contributed by atoms with Crippen molar-refractivity contribution in [3.63, 3.8) is 0 Å². The van der Waals surface area contributed by atoms with Gasteiger partial charge in [0.15, 0.2) is 0 Å². The zero-order chi connectivity index (χ0) is 12.8. The molecule has 0 atom stereocenters. The van der Waals surface area contributed by atoms with E-state index in [1.165, 1.54) is 18.3 Å². The van der Waals surface area contributed by atoms with Crippen LogP contribution in [0.3, 0.4) is 0 Å². The number of carbonyl (C=O) groups is 2. The molecule has 0 aliphatic heterocycles. The van der Waals surface area contributed by atoms with Crippen LogP contribution in [-0.2, 0) is 9.59 Å². The Bertz CT molecular complexity index is 447. The number of pyridine rings is 1. The lowest BCUT2D eigenvalue weighted by atomic mass is 10.3. The minimum atomic E-state index is -1.16. The highest BCUT2D eigenvalue weighted by Gasteiger charge is 2.15. The van der Waals surface area contributed by atoms with Crippen LogP contribution in [0.15, 0.2) is 18.3 Å². The number of carboxylic acid groups (broad SMARTS) is 2. The van der Waals surface area contributed by atoms with Crippen molar-refractivity contribution < 1.29 is 19.8 Å². The summed E-state index contributed by atoms with van der Waals surface area (Å²) in [6.07, 6.45) is 1.26. The van der Waals surface area contributed by atoms with E-state index in [0.717, 1.165) is 4.90 Å². The van der Waals surface area contributed by atoms with Gasteiger partial charge in [0, 0.05) is 6.20 Å². The molecule has 7 heteroatoms. The van der Waals surface area contributed by atoms with Gasteiger partial charge in [0.2, 0.25) is 0 Å². The molecule has 7 nitrogen and oxygen atoms in total. The van der Waals surface area contributed by atoms with Crippen molar-refractivity contribution >= 4 is 17.8 Å². The number of aromatic nitrogens is 1. The second-order valence-electron chi connectivity index (χ2n) is 3.16. The van der Waals surface area contributed by atoms with E-state index < -0.39 is 25.0 Å². The summed E-state index contributed by atoms with van der Waals surface area (Å²) >= 11 is 0. The van der Waals surface area contributed by atoms with Crippen LogP contribution in [0.5, 0.6) is 0 Å². The third kappa shape index (κ3) is 3.79. The Labute approximate surface area is 96.5 Å². The highest BCUT2D eigenvalue weighted by atomic mass is 16.4. The predicted octanol–water partition coefficient (Wildman–Crippen LogP) is -0.0711. The molecule has 0 saturated heterocycles. The van der Waals surface area contributed by atoms with E-state index in [9.17, 15) is 9.59 Å². The van der Waals surface area contributed by atoms with Crippen LogP contribution in [-0.4, -0.2) is 40.2 Å². The summed E-state index contributed by atoms with van der Waals surface area (Å²) in [5, 5.41) is 25.9. The first kappa shape index (κ1) is 12.4. The summed E-state index contributed by atoms with van der Waals surface area (Å²) in [6, 6.07) is 4.71. The van der Waals surface area contributed by atoms with Crippen LogP contribution in [0.1, 0.15) is 5.56 Å². The van der Waals surface area contributed by atoms with Crippen molar-refractivity contribution in [2.24, 2.45) is 0 Å². The Morgan fingerprint density at radius 3 is 2.24 bits per heavy atom. The topological polar surface area (TPSA) is 115 Å². The van der Waals surface area contributed by atoms with Gasteiger partial charge in [-0.05, 0) is 12.1 Å². The third-order valence-electron chi connectivity index (χ3n) is 1.85. The molecule has 0 saturated carbocycles. The molecule has 1 rings (SSSR count). The highest BCUT2D eigenvalue weighted by Crippen LogP contribution is 2.10. The maximum Gasteiger partial charge on any atom is 0.323 e. The summed E-state index contributed by atoms with van der Waals surface area (Å²) < 4.78 is 0. The molecule has 0 bridgehead atoms. The van der Waals surface area contributed by atoms with Gasteiger partial charge in [-0.1, -0.05) is 0 Å². The van der Waals surface area contributed by atoms with E-state index in [1.807, 2.05) is 6.07 Å². The molecule has 0 unspecified atom stereocenters. The number of hydrogen-bond acceptors (Lipinski definition) is 5. The summed E-state index contributed by atoms with van der Waals surface area (Å²) in [7, 11) is 0. The van der Waals surface area contributed by atoms with E-state index in [4.69, 9.17) is 15.5 Å². The Morgan fingerprint density at radius 1 is 1.29 bits per heavy atom. The monoisotopic (exact) mass is 235 g/mol. The molecule has 0 aliphatic rings. The maximum atomic E-state index is 10.6. The molecule has 88 valence electrons. The standard InChI is InChI=1S/C10H9N3O4/c11-3-7-1-2-8(12-4-7)13(5-9(14)15)6-10(16)17/h1-2,4H,5-6H2,(H,14,15)(H,16,17). The number of rotatable bonds is 5. The molecule has 17 heavy (non-hydrogen) atoms. The van der Waals surface area contributed by atoms with Crippen LogP contribution >= 0.6 is 0 Å². The number of aliphatic carboxylic acids is 2. The van der Waals surface area contributed by atoms with E-state index >= 15 is 0 Å². The van der Waals surface area contributed by atoms with Crippen molar-refractivity contribution in [1.82, 2.24) is 4.98 Å².